The first-order valence-electron chi connectivity index (χ1n) is 8.02. The van der Waals surface area contributed by atoms with Crippen LogP contribution in [0.4, 0.5) is 0 Å². The predicted molar refractivity (Wildman–Crippen MR) is 89.4 cm³/mol. The highest BCUT2D eigenvalue weighted by atomic mass is 16.4. The fourth-order valence-electron chi connectivity index (χ4n) is 3.04. The van der Waals surface area contributed by atoms with Crippen LogP contribution in [-0.4, -0.2) is 25.4 Å². The zero-order valence-corrected chi connectivity index (χ0v) is 13.1. The van der Waals surface area contributed by atoms with Gasteiger partial charge in [-0.2, -0.15) is 5.10 Å². The maximum absolute atomic E-state index is 12.6. The molecule has 0 spiro atoms. The summed E-state index contributed by atoms with van der Waals surface area (Å²) in [6, 6.07) is 8.77. The van der Waals surface area contributed by atoms with Crippen LogP contribution in [0.5, 0.6) is 0 Å². The van der Waals surface area contributed by atoms with Gasteiger partial charge >= 0.3 is 5.97 Å². The van der Waals surface area contributed by atoms with E-state index in [0.29, 0.717) is 23.4 Å². The fraction of sp³-hybridized carbons (Fsp3) is 0.278. The van der Waals surface area contributed by atoms with Crippen molar-refractivity contribution >= 4 is 16.7 Å². The number of rotatable bonds is 4. The van der Waals surface area contributed by atoms with E-state index in [0.717, 1.165) is 5.69 Å². The SMILES string of the molecule is O=C(O)c1ccc2c(=O)n(Cc3ccn(C4CCC4)n3)ccc2c1. The molecule has 3 aromatic rings. The Bertz CT molecular complexity index is 983. The van der Waals surface area contributed by atoms with Gasteiger partial charge < -0.3 is 9.67 Å². The van der Waals surface area contributed by atoms with Gasteiger partial charge in [0.15, 0.2) is 0 Å². The Morgan fingerprint density at radius 1 is 1.21 bits per heavy atom. The number of aromatic nitrogens is 3. The van der Waals surface area contributed by atoms with E-state index in [1.165, 1.54) is 31.4 Å². The molecule has 1 aliphatic carbocycles. The predicted octanol–water partition coefficient (Wildman–Crippen LogP) is 2.67. The molecule has 2 aromatic heterocycles. The summed E-state index contributed by atoms with van der Waals surface area (Å²) in [5.74, 6) is -0.998. The normalized spacial score (nSPS) is 14.7. The first-order valence-corrected chi connectivity index (χ1v) is 8.02. The lowest BCUT2D eigenvalue weighted by atomic mass is 9.93. The highest BCUT2D eigenvalue weighted by Gasteiger charge is 2.20. The molecule has 6 heteroatoms. The van der Waals surface area contributed by atoms with Gasteiger partial charge in [0.25, 0.3) is 5.56 Å². The van der Waals surface area contributed by atoms with Crippen LogP contribution in [0.25, 0.3) is 10.8 Å². The van der Waals surface area contributed by atoms with Gasteiger partial charge in [0, 0.05) is 17.8 Å². The van der Waals surface area contributed by atoms with Gasteiger partial charge in [0.1, 0.15) is 0 Å². The summed E-state index contributed by atoms with van der Waals surface area (Å²) in [6.07, 6.45) is 7.26. The molecule has 1 N–H and O–H groups in total. The van der Waals surface area contributed by atoms with Crippen LogP contribution in [0.3, 0.4) is 0 Å². The van der Waals surface area contributed by atoms with Crippen LogP contribution in [-0.2, 0) is 6.54 Å². The second-order valence-electron chi connectivity index (χ2n) is 6.23. The summed E-state index contributed by atoms with van der Waals surface area (Å²) in [5.41, 5.74) is 0.895. The standard InChI is InChI=1S/C18H17N3O3/c22-17-16-5-4-13(18(23)24)10-12(16)6-8-20(17)11-14-7-9-21(19-14)15-2-1-3-15/h4-10,15H,1-3,11H2,(H,23,24). The summed E-state index contributed by atoms with van der Waals surface area (Å²) >= 11 is 0. The maximum Gasteiger partial charge on any atom is 0.335 e. The van der Waals surface area contributed by atoms with Crippen LogP contribution >= 0.6 is 0 Å². The van der Waals surface area contributed by atoms with Crippen molar-refractivity contribution in [2.75, 3.05) is 0 Å². The summed E-state index contributed by atoms with van der Waals surface area (Å²) in [4.78, 5) is 23.6. The van der Waals surface area contributed by atoms with Crippen LogP contribution in [0.15, 0.2) is 47.5 Å². The van der Waals surface area contributed by atoms with Crippen molar-refractivity contribution in [3.8, 4) is 0 Å². The summed E-state index contributed by atoms with van der Waals surface area (Å²) in [6.45, 7) is 0.412. The average molecular weight is 323 g/mol. The van der Waals surface area contributed by atoms with Crippen molar-refractivity contribution < 1.29 is 9.90 Å². The molecule has 1 saturated carbocycles. The monoisotopic (exact) mass is 323 g/mol. The second kappa shape index (κ2) is 5.63. The lowest BCUT2D eigenvalue weighted by Gasteiger charge is -2.25. The highest BCUT2D eigenvalue weighted by Crippen LogP contribution is 2.30. The van der Waals surface area contributed by atoms with Crippen molar-refractivity contribution in [1.29, 1.82) is 0 Å². The van der Waals surface area contributed by atoms with Crippen LogP contribution in [0, 0.1) is 0 Å². The zero-order valence-electron chi connectivity index (χ0n) is 13.1. The minimum absolute atomic E-state index is 0.136. The molecule has 0 bridgehead atoms. The third kappa shape index (κ3) is 2.50. The molecule has 1 fully saturated rings. The van der Waals surface area contributed by atoms with Gasteiger partial charge in [-0.25, -0.2) is 4.79 Å². The molecule has 1 aliphatic rings. The molecule has 2 heterocycles. The summed E-state index contributed by atoms with van der Waals surface area (Å²) in [5, 5.41) is 14.8. The number of hydrogen-bond donors (Lipinski definition) is 1. The van der Waals surface area contributed by atoms with Crippen LogP contribution < -0.4 is 5.56 Å². The molecular weight excluding hydrogens is 306 g/mol. The molecule has 0 unspecified atom stereocenters. The van der Waals surface area contributed by atoms with Crippen molar-refractivity contribution in [3.63, 3.8) is 0 Å². The Labute approximate surface area is 138 Å². The van der Waals surface area contributed by atoms with E-state index in [1.54, 1.807) is 22.9 Å². The molecule has 0 radical (unpaired) electrons. The Hall–Kier alpha value is -2.89. The molecule has 1 aromatic carbocycles. The fourth-order valence-corrected chi connectivity index (χ4v) is 3.04. The zero-order chi connectivity index (χ0) is 16.7. The van der Waals surface area contributed by atoms with Crippen molar-refractivity contribution in [3.05, 3.63) is 64.3 Å². The van der Waals surface area contributed by atoms with E-state index < -0.39 is 5.97 Å². The largest absolute Gasteiger partial charge is 0.478 e. The van der Waals surface area contributed by atoms with E-state index in [4.69, 9.17) is 5.11 Å². The Morgan fingerprint density at radius 2 is 2.04 bits per heavy atom. The number of fused-ring (bicyclic) bond motifs is 1. The first-order chi connectivity index (χ1) is 11.6. The Balaban J connectivity index is 1.65. The summed E-state index contributed by atoms with van der Waals surface area (Å²) < 4.78 is 3.60. The molecule has 0 aliphatic heterocycles. The first kappa shape index (κ1) is 14.7. The Kier molecular flexibility index (Phi) is 3.45. The lowest BCUT2D eigenvalue weighted by Crippen LogP contribution is -2.21. The van der Waals surface area contributed by atoms with E-state index in [2.05, 4.69) is 5.10 Å². The van der Waals surface area contributed by atoms with Crippen molar-refractivity contribution in [2.24, 2.45) is 0 Å². The van der Waals surface area contributed by atoms with Gasteiger partial charge in [-0.1, -0.05) is 0 Å². The van der Waals surface area contributed by atoms with E-state index >= 15 is 0 Å². The topological polar surface area (TPSA) is 77.1 Å². The van der Waals surface area contributed by atoms with Crippen molar-refractivity contribution in [1.82, 2.24) is 14.3 Å². The maximum atomic E-state index is 12.6. The second-order valence-corrected chi connectivity index (χ2v) is 6.23. The average Bonchev–Trinajstić information content (AvgIpc) is 2.96. The molecule has 6 nitrogen and oxygen atoms in total. The third-order valence-electron chi connectivity index (χ3n) is 4.67. The van der Waals surface area contributed by atoms with Gasteiger partial charge in [0.05, 0.1) is 23.8 Å². The number of carboxylic acid groups (broad SMARTS) is 1. The number of nitrogens with zero attached hydrogens (tertiary/aromatic N) is 3. The lowest BCUT2D eigenvalue weighted by molar-refractivity contribution is 0.0697. The molecule has 0 atom stereocenters. The molecule has 0 amide bonds. The number of carboxylic acids is 1. The van der Waals surface area contributed by atoms with E-state index in [-0.39, 0.29) is 11.1 Å². The van der Waals surface area contributed by atoms with Crippen LogP contribution in [0.2, 0.25) is 0 Å². The Morgan fingerprint density at radius 3 is 2.75 bits per heavy atom. The highest BCUT2D eigenvalue weighted by molar-refractivity contribution is 5.94. The van der Waals surface area contributed by atoms with E-state index in [1.807, 2.05) is 16.9 Å². The van der Waals surface area contributed by atoms with Crippen molar-refractivity contribution in [2.45, 2.75) is 31.8 Å². The van der Waals surface area contributed by atoms with Gasteiger partial charge in [-0.15, -0.1) is 0 Å². The minimum atomic E-state index is -0.998. The number of benzene rings is 1. The molecular formula is C18H17N3O3. The van der Waals surface area contributed by atoms with Crippen LogP contribution in [0.1, 0.15) is 41.4 Å². The smallest absolute Gasteiger partial charge is 0.335 e. The van der Waals surface area contributed by atoms with Gasteiger partial charge in [0.2, 0.25) is 0 Å². The van der Waals surface area contributed by atoms with Gasteiger partial charge in [-0.3, -0.25) is 9.48 Å². The number of hydrogen-bond acceptors (Lipinski definition) is 3. The molecule has 0 saturated heterocycles. The third-order valence-corrected chi connectivity index (χ3v) is 4.67. The molecule has 4 rings (SSSR count). The number of pyridine rings is 1. The molecule has 122 valence electrons. The number of aromatic carboxylic acids is 1. The number of carbonyl (C=O) groups is 1. The van der Waals surface area contributed by atoms with E-state index in [9.17, 15) is 9.59 Å². The van der Waals surface area contributed by atoms with Gasteiger partial charge in [-0.05, 0) is 55.0 Å². The molecule has 24 heavy (non-hydrogen) atoms. The minimum Gasteiger partial charge on any atom is -0.478 e. The quantitative estimate of drug-likeness (QED) is 0.801. The summed E-state index contributed by atoms with van der Waals surface area (Å²) in [7, 11) is 0.